The Kier molecular flexibility index (Phi) is 4.50. The molecule has 0 atom stereocenters. The predicted molar refractivity (Wildman–Crippen MR) is 102 cm³/mol. The number of ether oxygens (including phenoxy) is 1. The molecule has 1 fully saturated rings. The molecule has 2 aliphatic rings. The van der Waals surface area contributed by atoms with Crippen LogP contribution in [-0.4, -0.2) is 37.9 Å². The fourth-order valence-corrected chi connectivity index (χ4v) is 5.42. The number of rotatable bonds is 3. The molecule has 0 spiro atoms. The smallest absolute Gasteiger partial charge is 0.419 e. The fraction of sp³-hybridized carbons (Fsp3) is 0.476. The minimum Gasteiger partial charge on any atom is -0.488 e. The minimum atomic E-state index is -4.72. The molecule has 0 unspecified atom stereocenters. The second-order valence-corrected chi connectivity index (χ2v) is 9.04. The van der Waals surface area contributed by atoms with Gasteiger partial charge in [0.05, 0.1) is 29.6 Å². The Hall–Kier alpha value is -3.22. The largest absolute Gasteiger partial charge is 0.488 e. The molecule has 3 heterocycles. The van der Waals surface area contributed by atoms with Crippen LogP contribution in [0.15, 0.2) is 24.8 Å². The van der Waals surface area contributed by atoms with Crippen molar-refractivity contribution in [3.63, 3.8) is 0 Å². The molecular formula is C21H20F3N5O2. The van der Waals surface area contributed by atoms with Crippen LogP contribution >= 0.6 is 0 Å². The van der Waals surface area contributed by atoms with Gasteiger partial charge in [0.2, 0.25) is 0 Å². The Morgan fingerprint density at radius 1 is 1.19 bits per heavy atom. The Bertz CT molecular complexity index is 1090. The third-order valence-electron chi connectivity index (χ3n) is 6.21. The highest BCUT2D eigenvalue weighted by atomic mass is 19.4. The first kappa shape index (κ1) is 21.0. The first-order chi connectivity index (χ1) is 14.4. The van der Waals surface area contributed by atoms with Gasteiger partial charge < -0.3 is 9.64 Å². The lowest BCUT2D eigenvalue weighted by Gasteiger charge is -2.65. The molecule has 162 valence electrons. The highest BCUT2D eigenvalue weighted by Gasteiger charge is 2.67. The summed E-state index contributed by atoms with van der Waals surface area (Å²) in [5, 5.41) is 8.93. The van der Waals surface area contributed by atoms with Crippen molar-refractivity contribution in [2.24, 2.45) is 10.8 Å². The third kappa shape index (κ3) is 3.10. The maximum Gasteiger partial charge on any atom is 0.419 e. The molecule has 2 aromatic heterocycles. The van der Waals surface area contributed by atoms with Gasteiger partial charge >= 0.3 is 6.18 Å². The number of amides is 1. The standard InChI is InChI=1S/C21H20F3N5O2/c1-19(2)17(29-9-15-12(16(29)30)8-26-10-28-15)20(3,4)18(19)31-11-5-13(21(22,23)24)14(6-25)27-7-11/h5,7-8,10,17-18H,9H2,1-4H3. The number of alkyl halides is 3. The van der Waals surface area contributed by atoms with E-state index in [2.05, 4.69) is 15.0 Å². The van der Waals surface area contributed by atoms with Crippen LogP contribution in [0.2, 0.25) is 0 Å². The quantitative estimate of drug-likeness (QED) is 0.737. The van der Waals surface area contributed by atoms with Crippen molar-refractivity contribution in [2.75, 3.05) is 0 Å². The number of nitriles is 1. The second kappa shape index (κ2) is 6.64. The molecule has 0 saturated heterocycles. The number of aromatic nitrogens is 3. The second-order valence-electron chi connectivity index (χ2n) is 9.04. The molecule has 1 aliphatic carbocycles. The first-order valence-corrected chi connectivity index (χ1v) is 9.63. The van der Waals surface area contributed by atoms with E-state index < -0.39 is 34.4 Å². The highest BCUT2D eigenvalue weighted by molar-refractivity contribution is 5.97. The lowest BCUT2D eigenvalue weighted by molar-refractivity contribution is -0.200. The molecule has 10 heteroatoms. The van der Waals surface area contributed by atoms with Crippen molar-refractivity contribution in [1.29, 1.82) is 5.26 Å². The summed E-state index contributed by atoms with van der Waals surface area (Å²) in [4.78, 5) is 26.4. The molecule has 7 nitrogen and oxygen atoms in total. The average Bonchev–Trinajstić information content (AvgIpc) is 3.00. The normalized spacial score (nSPS) is 23.7. The van der Waals surface area contributed by atoms with Crippen molar-refractivity contribution in [2.45, 2.75) is 52.6 Å². The van der Waals surface area contributed by atoms with Gasteiger partial charge in [0.1, 0.15) is 24.3 Å². The van der Waals surface area contributed by atoms with E-state index in [0.29, 0.717) is 17.8 Å². The van der Waals surface area contributed by atoms with Crippen LogP contribution in [0.25, 0.3) is 0 Å². The van der Waals surface area contributed by atoms with Crippen molar-refractivity contribution < 1.29 is 22.7 Å². The van der Waals surface area contributed by atoms with Crippen LogP contribution in [-0.2, 0) is 12.7 Å². The van der Waals surface area contributed by atoms with Gasteiger partial charge in [-0.25, -0.2) is 15.0 Å². The molecule has 0 radical (unpaired) electrons. The average molecular weight is 431 g/mol. The zero-order valence-corrected chi connectivity index (χ0v) is 17.4. The summed E-state index contributed by atoms with van der Waals surface area (Å²) < 4.78 is 45.9. The topological polar surface area (TPSA) is 92.0 Å². The first-order valence-electron chi connectivity index (χ1n) is 9.63. The molecule has 0 N–H and O–H groups in total. The van der Waals surface area contributed by atoms with Crippen LogP contribution in [0.3, 0.4) is 0 Å². The predicted octanol–water partition coefficient (Wildman–Crippen LogP) is 3.60. The van der Waals surface area contributed by atoms with Gasteiger partial charge in [-0.2, -0.15) is 18.4 Å². The number of carbonyl (C=O) groups is 1. The van der Waals surface area contributed by atoms with E-state index in [1.54, 1.807) is 4.90 Å². The summed E-state index contributed by atoms with van der Waals surface area (Å²) in [5.74, 6) is -0.238. The number of carbonyl (C=O) groups excluding carboxylic acids is 1. The number of hydrogen-bond acceptors (Lipinski definition) is 6. The summed E-state index contributed by atoms with van der Waals surface area (Å²) in [6.45, 7) is 8.00. The van der Waals surface area contributed by atoms with Crippen molar-refractivity contribution >= 4 is 5.91 Å². The molecule has 0 aromatic carbocycles. The summed E-state index contributed by atoms with van der Waals surface area (Å²) in [7, 11) is 0. The summed E-state index contributed by atoms with van der Waals surface area (Å²) >= 11 is 0. The summed E-state index contributed by atoms with van der Waals surface area (Å²) in [6.07, 6.45) is -1.20. The lowest BCUT2D eigenvalue weighted by atomic mass is 9.49. The fourth-order valence-electron chi connectivity index (χ4n) is 5.42. The van der Waals surface area contributed by atoms with E-state index in [1.807, 2.05) is 27.7 Å². The van der Waals surface area contributed by atoms with E-state index in [0.717, 1.165) is 12.3 Å². The number of pyridine rings is 1. The van der Waals surface area contributed by atoms with Gasteiger partial charge in [0.15, 0.2) is 5.69 Å². The molecule has 4 rings (SSSR count). The monoisotopic (exact) mass is 431 g/mol. The minimum absolute atomic E-state index is 0.0715. The zero-order chi connectivity index (χ0) is 22.8. The highest BCUT2D eigenvalue weighted by Crippen LogP contribution is 2.59. The maximum absolute atomic E-state index is 13.3. The molecule has 1 amide bonds. The van der Waals surface area contributed by atoms with Crippen LogP contribution < -0.4 is 4.74 Å². The van der Waals surface area contributed by atoms with Crippen LogP contribution in [0.4, 0.5) is 13.2 Å². The van der Waals surface area contributed by atoms with E-state index in [4.69, 9.17) is 10.00 Å². The molecule has 2 aromatic rings. The summed E-state index contributed by atoms with van der Waals surface area (Å²) in [6, 6.07) is 2.03. The number of nitrogens with zero attached hydrogens (tertiary/aromatic N) is 5. The van der Waals surface area contributed by atoms with E-state index in [1.165, 1.54) is 18.6 Å². The Morgan fingerprint density at radius 3 is 2.45 bits per heavy atom. The molecule has 31 heavy (non-hydrogen) atoms. The molecule has 1 aliphatic heterocycles. The zero-order valence-electron chi connectivity index (χ0n) is 17.4. The Labute approximate surface area is 176 Å². The van der Waals surface area contributed by atoms with Crippen molar-refractivity contribution in [3.8, 4) is 11.8 Å². The van der Waals surface area contributed by atoms with Crippen LogP contribution in [0.5, 0.6) is 5.75 Å². The number of hydrogen-bond donors (Lipinski definition) is 0. The number of halogens is 3. The Morgan fingerprint density at radius 2 is 1.87 bits per heavy atom. The van der Waals surface area contributed by atoms with E-state index in [-0.39, 0.29) is 17.7 Å². The lowest BCUT2D eigenvalue weighted by Crippen LogP contribution is -2.74. The van der Waals surface area contributed by atoms with Gasteiger partial charge in [0, 0.05) is 23.1 Å². The van der Waals surface area contributed by atoms with E-state index in [9.17, 15) is 18.0 Å². The van der Waals surface area contributed by atoms with Gasteiger partial charge in [-0.1, -0.05) is 27.7 Å². The SMILES string of the molecule is CC1(C)C(Oc2cnc(C#N)c(C(F)(F)F)c2)C(C)(C)C1N1Cc2ncncc2C1=O. The van der Waals surface area contributed by atoms with Crippen molar-refractivity contribution in [3.05, 3.63) is 47.3 Å². The summed E-state index contributed by atoms with van der Waals surface area (Å²) in [5.41, 5.74) is -1.86. The van der Waals surface area contributed by atoms with Crippen molar-refractivity contribution in [1.82, 2.24) is 19.9 Å². The number of fused-ring (bicyclic) bond motifs is 1. The molecule has 0 bridgehead atoms. The molecular weight excluding hydrogens is 411 g/mol. The third-order valence-corrected chi connectivity index (χ3v) is 6.21. The molecule has 1 saturated carbocycles. The van der Waals surface area contributed by atoms with Crippen LogP contribution in [0, 0.1) is 22.2 Å². The van der Waals surface area contributed by atoms with Gasteiger partial charge in [-0.3, -0.25) is 4.79 Å². The van der Waals surface area contributed by atoms with Crippen LogP contribution in [0.1, 0.15) is 55.0 Å². The van der Waals surface area contributed by atoms with Gasteiger partial charge in [-0.05, 0) is 6.07 Å². The van der Waals surface area contributed by atoms with Gasteiger partial charge in [-0.15, -0.1) is 0 Å². The Balaban J connectivity index is 1.62. The maximum atomic E-state index is 13.3. The van der Waals surface area contributed by atoms with Gasteiger partial charge in [0.25, 0.3) is 5.91 Å². The van der Waals surface area contributed by atoms with E-state index >= 15 is 0 Å².